The first-order chi connectivity index (χ1) is 9.72. The van der Waals surface area contributed by atoms with Gasteiger partial charge >= 0.3 is 0 Å². The van der Waals surface area contributed by atoms with Gasteiger partial charge in [0, 0.05) is 13.1 Å². The minimum absolute atomic E-state index is 0.100. The molecule has 2 heterocycles. The first-order valence-electron chi connectivity index (χ1n) is 7.48. The summed E-state index contributed by atoms with van der Waals surface area (Å²) in [5, 5.41) is 3.47. The molecule has 1 aromatic carbocycles. The number of ether oxygens (including phenoxy) is 3. The fraction of sp³-hybridized carbons (Fsp3) is 0.625. The van der Waals surface area contributed by atoms with Gasteiger partial charge in [0.15, 0.2) is 11.5 Å². The molecular weight excluding hydrogens is 254 g/mol. The fourth-order valence-electron chi connectivity index (χ4n) is 2.83. The van der Waals surface area contributed by atoms with Gasteiger partial charge in [0.05, 0.1) is 12.2 Å². The molecule has 1 N–H and O–H groups in total. The van der Waals surface area contributed by atoms with Crippen LogP contribution in [0, 0.1) is 5.92 Å². The molecule has 1 saturated heterocycles. The van der Waals surface area contributed by atoms with Crippen LogP contribution in [0.3, 0.4) is 0 Å². The number of benzene rings is 1. The summed E-state index contributed by atoms with van der Waals surface area (Å²) in [5.41, 5.74) is 1.16. The van der Waals surface area contributed by atoms with E-state index in [1.54, 1.807) is 0 Å². The zero-order chi connectivity index (χ0) is 13.9. The second kappa shape index (κ2) is 6.02. The van der Waals surface area contributed by atoms with Crippen LogP contribution in [0.4, 0.5) is 0 Å². The first-order valence-corrected chi connectivity index (χ1v) is 7.48. The largest absolute Gasteiger partial charge is 0.486 e. The van der Waals surface area contributed by atoms with Crippen molar-refractivity contribution in [3.8, 4) is 11.5 Å². The number of fused-ring (bicyclic) bond motifs is 1. The molecule has 0 saturated carbocycles. The van der Waals surface area contributed by atoms with Crippen molar-refractivity contribution in [1.82, 2.24) is 5.32 Å². The predicted octanol–water partition coefficient (Wildman–Crippen LogP) is 2.53. The Morgan fingerprint density at radius 3 is 2.75 bits per heavy atom. The first kappa shape index (κ1) is 13.7. The van der Waals surface area contributed by atoms with Crippen LogP contribution in [-0.2, 0) is 4.74 Å². The van der Waals surface area contributed by atoms with Gasteiger partial charge in [-0.1, -0.05) is 19.9 Å². The van der Waals surface area contributed by atoms with Crippen molar-refractivity contribution in [2.75, 3.05) is 26.3 Å². The summed E-state index contributed by atoms with van der Waals surface area (Å²) in [6, 6.07) is 6.12. The van der Waals surface area contributed by atoms with Gasteiger partial charge in [-0.3, -0.25) is 0 Å². The van der Waals surface area contributed by atoms with Gasteiger partial charge in [-0.05, 0) is 30.0 Å². The van der Waals surface area contributed by atoms with E-state index in [0.717, 1.165) is 36.6 Å². The van der Waals surface area contributed by atoms with Crippen LogP contribution in [0.25, 0.3) is 0 Å². The van der Waals surface area contributed by atoms with Crippen LogP contribution in [0.15, 0.2) is 18.2 Å². The Morgan fingerprint density at radius 2 is 1.95 bits per heavy atom. The van der Waals surface area contributed by atoms with Crippen LogP contribution < -0.4 is 14.8 Å². The number of rotatable bonds is 3. The van der Waals surface area contributed by atoms with Gasteiger partial charge in [-0.25, -0.2) is 0 Å². The molecule has 2 aliphatic heterocycles. The summed E-state index contributed by atoms with van der Waals surface area (Å²) in [6.45, 7) is 7.52. The lowest BCUT2D eigenvalue weighted by Gasteiger charge is -2.32. The van der Waals surface area contributed by atoms with E-state index in [1.165, 1.54) is 0 Å². The SMILES string of the molecule is CC(C)CC1CNCC(c2ccc3c(c2)OCCO3)O1. The summed E-state index contributed by atoms with van der Waals surface area (Å²) in [6.07, 6.45) is 1.49. The Balaban J connectivity index is 1.71. The van der Waals surface area contributed by atoms with E-state index < -0.39 is 0 Å². The Labute approximate surface area is 120 Å². The van der Waals surface area contributed by atoms with Gasteiger partial charge in [-0.15, -0.1) is 0 Å². The van der Waals surface area contributed by atoms with Crippen LogP contribution in [0.5, 0.6) is 11.5 Å². The maximum absolute atomic E-state index is 6.22. The maximum atomic E-state index is 6.22. The minimum atomic E-state index is 0.100. The molecule has 0 bridgehead atoms. The lowest BCUT2D eigenvalue weighted by Crippen LogP contribution is -2.41. The third kappa shape index (κ3) is 3.07. The minimum Gasteiger partial charge on any atom is -0.486 e. The standard InChI is InChI=1S/C16H23NO3/c1-11(2)7-13-9-17-10-16(20-13)12-3-4-14-15(8-12)19-6-5-18-14/h3-4,8,11,13,16-17H,5-7,9-10H2,1-2H3. The van der Waals surface area contributed by atoms with E-state index in [1.807, 2.05) is 6.07 Å². The van der Waals surface area contributed by atoms with Crippen molar-refractivity contribution >= 4 is 0 Å². The highest BCUT2D eigenvalue weighted by molar-refractivity contribution is 5.44. The molecule has 4 nitrogen and oxygen atoms in total. The molecule has 2 aliphatic rings. The molecule has 0 spiro atoms. The molecule has 2 atom stereocenters. The van der Waals surface area contributed by atoms with Gasteiger partial charge in [0.25, 0.3) is 0 Å². The van der Waals surface area contributed by atoms with Crippen molar-refractivity contribution in [3.05, 3.63) is 23.8 Å². The van der Waals surface area contributed by atoms with Crippen LogP contribution >= 0.6 is 0 Å². The Morgan fingerprint density at radius 1 is 1.15 bits per heavy atom. The molecule has 0 aliphatic carbocycles. The average molecular weight is 277 g/mol. The number of hydrogen-bond donors (Lipinski definition) is 1. The molecule has 3 rings (SSSR count). The summed E-state index contributed by atoms with van der Waals surface area (Å²) in [4.78, 5) is 0. The Bertz CT molecular complexity index is 461. The molecule has 0 amide bonds. The lowest BCUT2D eigenvalue weighted by molar-refractivity contribution is -0.0475. The number of morpholine rings is 1. The Kier molecular flexibility index (Phi) is 4.13. The van der Waals surface area contributed by atoms with E-state index in [9.17, 15) is 0 Å². The lowest BCUT2D eigenvalue weighted by atomic mass is 10.0. The van der Waals surface area contributed by atoms with E-state index >= 15 is 0 Å². The summed E-state index contributed by atoms with van der Waals surface area (Å²) in [5.74, 6) is 2.33. The second-order valence-electron chi connectivity index (χ2n) is 5.94. The number of hydrogen-bond acceptors (Lipinski definition) is 4. The third-order valence-corrected chi connectivity index (χ3v) is 3.73. The molecular formula is C16H23NO3. The number of nitrogens with one attached hydrogen (secondary N) is 1. The maximum Gasteiger partial charge on any atom is 0.161 e. The van der Waals surface area contributed by atoms with Gasteiger partial charge in [0.1, 0.15) is 13.2 Å². The summed E-state index contributed by atoms with van der Waals surface area (Å²) >= 11 is 0. The molecule has 1 fully saturated rings. The smallest absolute Gasteiger partial charge is 0.161 e. The molecule has 2 unspecified atom stereocenters. The zero-order valence-corrected chi connectivity index (χ0v) is 12.2. The molecule has 20 heavy (non-hydrogen) atoms. The zero-order valence-electron chi connectivity index (χ0n) is 12.2. The molecule has 110 valence electrons. The van der Waals surface area contributed by atoms with E-state index in [4.69, 9.17) is 14.2 Å². The van der Waals surface area contributed by atoms with Crippen molar-refractivity contribution in [3.63, 3.8) is 0 Å². The molecule has 4 heteroatoms. The highest BCUT2D eigenvalue weighted by Gasteiger charge is 2.25. The van der Waals surface area contributed by atoms with Crippen molar-refractivity contribution in [1.29, 1.82) is 0 Å². The van der Waals surface area contributed by atoms with E-state index in [0.29, 0.717) is 25.2 Å². The van der Waals surface area contributed by atoms with Gasteiger partial charge in [0.2, 0.25) is 0 Å². The average Bonchev–Trinajstić information content (AvgIpc) is 2.46. The Hall–Kier alpha value is -1.26. The molecule has 1 aromatic rings. The highest BCUT2D eigenvalue weighted by Crippen LogP contribution is 2.34. The van der Waals surface area contributed by atoms with Crippen LogP contribution in [-0.4, -0.2) is 32.4 Å². The van der Waals surface area contributed by atoms with E-state index in [2.05, 4.69) is 31.3 Å². The van der Waals surface area contributed by atoms with Crippen molar-refractivity contribution in [2.24, 2.45) is 5.92 Å². The van der Waals surface area contributed by atoms with Crippen molar-refractivity contribution < 1.29 is 14.2 Å². The quantitative estimate of drug-likeness (QED) is 0.921. The third-order valence-electron chi connectivity index (χ3n) is 3.73. The normalized spacial score (nSPS) is 25.8. The van der Waals surface area contributed by atoms with Gasteiger partial charge < -0.3 is 19.5 Å². The topological polar surface area (TPSA) is 39.7 Å². The van der Waals surface area contributed by atoms with Crippen LogP contribution in [0.1, 0.15) is 31.9 Å². The second-order valence-corrected chi connectivity index (χ2v) is 5.94. The predicted molar refractivity (Wildman–Crippen MR) is 77.4 cm³/mol. The monoisotopic (exact) mass is 277 g/mol. The van der Waals surface area contributed by atoms with Crippen molar-refractivity contribution in [2.45, 2.75) is 32.5 Å². The molecule has 0 aromatic heterocycles. The fourth-order valence-corrected chi connectivity index (χ4v) is 2.83. The van der Waals surface area contributed by atoms with Gasteiger partial charge in [-0.2, -0.15) is 0 Å². The highest BCUT2D eigenvalue weighted by atomic mass is 16.6. The van der Waals surface area contributed by atoms with Crippen LogP contribution in [0.2, 0.25) is 0 Å². The van der Waals surface area contributed by atoms with E-state index in [-0.39, 0.29) is 6.10 Å². The molecule has 0 radical (unpaired) electrons. The summed E-state index contributed by atoms with van der Waals surface area (Å²) < 4.78 is 17.4. The summed E-state index contributed by atoms with van der Waals surface area (Å²) in [7, 11) is 0.